The normalized spacial score (nSPS) is 17.5. The van der Waals surface area contributed by atoms with Crippen LogP contribution in [0.4, 0.5) is 19.1 Å². The van der Waals surface area contributed by atoms with Gasteiger partial charge in [0, 0.05) is 49.9 Å². The number of aliphatic imine (C=N–C) groups is 1. The van der Waals surface area contributed by atoms with Crippen molar-refractivity contribution in [1.29, 1.82) is 0 Å². The van der Waals surface area contributed by atoms with E-state index in [0.717, 1.165) is 37.1 Å². The van der Waals surface area contributed by atoms with Gasteiger partial charge in [-0.3, -0.25) is 4.99 Å². The van der Waals surface area contributed by atoms with E-state index in [9.17, 15) is 13.2 Å². The molecule has 0 unspecified atom stereocenters. The highest BCUT2D eigenvalue weighted by atomic mass is 127. The van der Waals surface area contributed by atoms with Gasteiger partial charge in [0.15, 0.2) is 5.96 Å². The summed E-state index contributed by atoms with van der Waals surface area (Å²) in [6, 6.07) is 0.849. The Hall–Kier alpha value is -0.980. The molecule has 2 N–H and O–H groups in total. The lowest BCUT2D eigenvalue weighted by molar-refractivity contribution is -0.141. The molecule has 1 aliphatic heterocycles. The number of halogens is 4. The van der Waals surface area contributed by atoms with E-state index in [4.69, 9.17) is 0 Å². The van der Waals surface area contributed by atoms with E-state index in [1.165, 1.54) is 0 Å². The van der Waals surface area contributed by atoms with Crippen molar-refractivity contribution in [1.82, 2.24) is 20.2 Å². The van der Waals surface area contributed by atoms with Crippen molar-refractivity contribution in [2.24, 2.45) is 4.99 Å². The molecule has 6 nitrogen and oxygen atoms in total. The average molecular weight is 504 g/mol. The molecule has 148 valence electrons. The highest BCUT2D eigenvalue weighted by Crippen LogP contribution is 2.29. The number of guanidine groups is 1. The zero-order valence-corrected chi connectivity index (χ0v) is 18.1. The number of aromatic nitrogens is 2. The summed E-state index contributed by atoms with van der Waals surface area (Å²) < 4.78 is 38.0. The molecule has 0 amide bonds. The maximum atomic E-state index is 12.6. The molecule has 2 rings (SSSR count). The van der Waals surface area contributed by atoms with Crippen LogP contribution in [-0.2, 0) is 6.18 Å². The van der Waals surface area contributed by atoms with Crippen LogP contribution in [0.1, 0.15) is 19.5 Å². The maximum Gasteiger partial charge on any atom is 0.433 e. The molecule has 11 heteroatoms. The average Bonchev–Trinajstić information content (AvgIpc) is 2.53. The van der Waals surface area contributed by atoms with Crippen LogP contribution < -0.4 is 10.6 Å². The number of alkyl halides is 3. The molecule has 0 spiro atoms. The van der Waals surface area contributed by atoms with Gasteiger partial charge in [0.1, 0.15) is 5.69 Å². The number of nitrogens with one attached hydrogen (secondary N) is 2. The molecule has 1 fully saturated rings. The fourth-order valence-corrected chi connectivity index (χ4v) is 3.59. The van der Waals surface area contributed by atoms with Gasteiger partial charge in [0.25, 0.3) is 0 Å². The number of nitrogens with zero attached hydrogens (tertiary/aromatic N) is 4. The Labute approximate surface area is 172 Å². The Morgan fingerprint density at radius 2 is 2.12 bits per heavy atom. The van der Waals surface area contributed by atoms with Crippen LogP contribution in [0.5, 0.6) is 0 Å². The van der Waals surface area contributed by atoms with Gasteiger partial charge >= 0.3 is 6.18 Å². The van der Waals surface area contributed by atoms with Gasteiger partial charge in [-0.05, 0) is 19.9 Å². The summed E-state index contributed by atoms with van der Waals surface area (Å²) in [4.78, 5) is 13.8. The summed E-state index contributed by atoms with van der Waals surface area (Å²) in [5.74, 6) is 1.78. The van der Waals surface area contributed by atoms with Crippen molar-refractivity contribution >= 4 is 47.6 Å². The summed E-state index contributed by atoms with van der Waals surface area (Å²) in [5.41, 5.74) is -0.957. The Bertz CT molecular complexity index is 611. The van der Waals surface area contributed by atoms with Crippen LogP contribution in [0.25, 0.3) is 0 Å². The van der Waals surface area contributed by atoms with Gasteiger partial charge in [-0.2, -0.15) is 24.9 Å². The SMILES string of the molecule is CN=C(NCCNc1nccc(C(F)(F)F)n1)N1CCSC(C)(C)C1.I. The molecule has 1 aliphatic rings. The molecule has 1 aromatic rings. The van der Waals surface area contributed by atoms with Gasteiger partial charge in [0.2, 0.25) is 5.95 Å². The molecule has 0 aromatic carbocycles. The van der Waals surface area contributed by atoms with Crippen LogP contribution in [0.3, 0.4) is 0 Å². The molecule has 26 heavy (non-hydrogen) atoms. The van der Waals surface area contributed by atoms with E-state index in [1.807, 2.05) is 11.8 Å². The monoisotopic (exact) mass is 504 g/mol. The Morgan fingerprint density at radius 3 is 2.73 bits per heavy atom. The number of hydrogen-bond donors (Lipinski definition) is 2. The topological polar surface area (TPSA) is 65.4 Å². The first-order valence-electron chi connectivity index (χ1n) is 7.95. The van der Waals surface area contributed by atoms with Crippen molar-refractivity contribution in [3.63, 3.8) is 0 Å². The van der Waals surface area contributed by atoms with Gasteiger partial charge < -0.3 is 15.5 Å². The molecule has 1 saturated heterocycles. The first kappa shape index (κ1) is 23.1. The fourth-order valence-electron chi connectivity index (χ4n) is 2.48. The number of hydrogen-bond acceptors (Lipinski definition) is 5. The third-order valence-corrected chi connectivity index (χ3v) is 4.87. The summed E-state index contributed by atoms with van der Waals surface area (Å²) >= 11 is 1.94. The highest BCUT2D eigenvalue weighted by molar-refractivity contribution is 14.0. The highest BCUT2D eigenvalue weighted by Gasteiger charge is 2.32. The third-order valence-electron chi connectivity index (χ3n) is 3.57. The van der Waals surface area contributed by atoms with Crippen LogP contribution >= 0.6 is 35.7 Å². The molecule has 1 aromatic heterocycles. The molecule has 2 heterocycles. The summed E-state index contributed by atoms with van der Waals surface area (Å²) in [6.45, 7) is 7.08. The summed E-state index contributed by atoms with van der Waals surface area (Å²) in [6.07, 6.45) is -3.38. The zero-order chi connectivity index (χ0) is 18.5. The molecule has 0 bridgehead atoms. The van der Waals surface area contributed by atoms with Crippen molar-refractivity contribution in [3.05, 3.63) is 18.0 Å². The minimum atomic E-state index is -4.47. The van der Waals surface area contributed by atoms with Crippen LogP contribution in [0, 0.1) is 0 Å². The predicted molar refractivity (Wildman–Crippen MR) is 110 cm³/mol. The van der Waals surface area contributed by atoms with E-state index in [0.29, 0.717) is 13.1 Å². The van der Waals surface area contributed by atoms with E-state index < -0.39 is 11.9 Å². The van der Waals surface area contributed by atoms with Crippen molar-refractivity contribution in [2.75, 3.05) is 44.3 Å². The van der Waals surface area contributed by atoms with Gasteiger partial charge in [-0.15, -0.1) is 24.0 Å². The van der Waals surface area contributed by atoms with Crippen molar-refractivity contribution < 1.29 is 13.2 Å². The van der Waals surface area contributed by atoms with E-state index in [2.05, 4.69) is 44.3 Å². The largest absolute Gasteiger partial charge is 0.433 e. The second-order valence-electron chi connectivity index (χ2n) is 6.19. The van der Waals surface area contributed by atoms with E-state index >= 15 is 0 Å². The predicted octanol–water partition coefficient (Wildman–Crippen LogP) is 2.93. The first-order valence-corrected chi connectivity index (χ1v) is 8.93. The Morgan fingerprint density at radius 1 is 1.38 bits per heavy atom. The number of anilines is 1. The molecule has 0 atom stereocenters. The van der Waals surface area contributed by atoms with Crippen molar-refractivity contribution in [2.45, 2.75) is 24.8 Å². The summed E-state index contributed by atoms with van der Waals surface area (Å²) in [5, 5.41) is 6.01. The minimum absolute atomic E-state index is 0. The molecular weight excluding hydrogens is 480 g/mol. The van der Waals surface area contributed by atoms with Crippen LogP contribution in [0.15, 0.2) is 17.3 Å². The minimum Gasteiger partial charge on any atom is -0.354 e. The van der Waals surface area contributed by atoms with Gasteiger partial charge in [-0.1, -0.05) is 0 Å². The second kappa shape index (κ2) is 9.81. The lowest BCUT2D eigenvalue weighted by atomic mass is 10.2. The Kier molecular flexibility index (Phi) is 8.70. The molecule has 0 radical (unpaired) electrons. The lowest BCUT2D eigenvalue weighted by Gasteiger charge is -2.39. The standard InChI is InChI=1S/C15H23F3N6S.HI/c1-14(2)10-24(8-9-25-14)13(19-3)22-7-6-21-12-20-5-4-11(23-12)15(16,17)18;/h4-5H,6-10H2,1-3H3,(H,19,22)(H,20,21,23);1H. The lowest BCUT2D eigenvalue weighted by Crippen LogP contribution is -2.51. The smallest absolute Gasteiger partial charge is 0.354 e. The third kappa shape index (κ3) is 6.97. The zero-order valence-electron chi connectivity index (χ0n) is 14.9. The first-order chi connectivity index (χ1) is 11.7. The van der Waals surface area contributed by atoms with Crippen LogP contribution in [-0.4, -0.2) is 64.6 Å². The second-order valence-corrected chi connectivity index (χ2v) is 8.00. The van der Waals surface area contributed by atoms with Crippen LogP contribution in [0.2, 0.25) is 0 Å². The number of rotatable bonds is 4. The fraction of sp³-hybridized carbons (Fsp3) is 0.667. The van der Waals surface area contributed by atoms with Gasteiger partial charge in [-0.25, -0.2) is 9.97 Å². The quantitative estimate of drug-likeness (QED) is 0.285. The molecule has 0 saturated carbocycles. The van der Waals surface area contributed by atoms with Crippen molar-refractivity contribution in [3.8, 4) is 0 Å². The van der Waals surface area contributed by atoms with E-state index in [-0.39, 0.29) is 34.7 Å². The van der Waals surface area contributed by atoms with E-state index in [1.54, 1.807) is 7.05 Å². The van der Waals surface area contributed by atoms with Gasteiger partial charge in [0.05, 0.1) is 0 Å². The molecule has 0 aliphatic carbocycles. The Balaban J connectivity index is 0.00000338. The summed E-state index contributed by atoms with van der Waals surface area (Å²) in [7, 11) is 1.72. The molecular formula is C15H24F3IN6S. The maximum absolute atomic E-state index is 12.6. The number of thioether (sulfide) groups is 1.